The first kappa shape index (κ1) is 20.8. The number of amides is 1. The van der Waals surface area contributed by atoms with Crippen LogP contribution in [0.1, 0.15) is 21.7 Å². The van der Waals surface area contributed by atoms with Crippen molar-refractivity contribution >= 4 is 17.5 Å². The van der Waals surface area contributed by atoms with Gasteiger partial charge in [-0.25, -0.2) is 9.97 Å². The van der Waals surface area contributed by atoms with Crippen molar-refractivity contribution in [3.05, 3.63) is 47.3 Å². The van der Waals surface area contributed by atoms with Gasteiger partial charge < -0.3 is 20.3 Å². The Bertz CT molecular complexity index is 837. The van der Waals surface area contributed by atoms with Crippen LogP contribution in [0.15, 0.2) is 30.3 Å². The molecule has 2 N–H and O–H groups in total. The van der Waals surface area contributed by atoms with E-state index in [9.17, 15) is 18.0 Å². The van der Waals surface area contributed by atoms with E-state index >= 15 is 0 Å². The highest BCUT2D eigenvalue weighted by atomic mass is 19.4. The summed E-state index contributed by atoms with van der Waals surface area (Å²) in [6.07, 6.45) is -4.42. The third kappa shape index (κ3) is 5.80. The van der Waals surface area contributed by atoms with Crippen molar-refractivity contribution in [2.45, 2.75) is 13.1 Å². The summed E-state index contributed by atoms with van der Waals surface area (Å²) in [5.41, 5.74) is -0.614. The Kier molecular flexibility index (Phi) is 6.53. The molecular weight excluding hydrogens is 387 g/mol. The molecule has 10 heteroatoms. The quantitative estimate of drug-likeness (QED) is 0.714. The minimum Gasteiger partial charge on any atom is -0.378 e. The zero-order valence-corrected chi connectivity index (χ0v) is 15.9. The van der Waals surface area contributed by atoms with Crippen molar-refractivity contribution in [1.29, 1.82) is 0 Å². The number of alkyl halides is 3. The molecule has 1 aromatic heterocycles. The number of anilines is 2. The molecule has 7 nitrogen and oxygen atoms in total. The molecule has 0 aliphatic carbocycles. The molecule has 0 spiro atoms. The molecule has 2 aromatic rings. The number of morpholine rings is 1. The first-order valence-corrected chi connectivity index (χ1v) is 9.20. The molecule has 1 fully saturated rings. The normalized spacial score (nSPS) is 14.6. The van der Waals surface area contributed by atoms with Gasteiger partial charge in [-0.15, -0.1) is 0 Å². The van der Waals surface area contributed by atoms with Crippen LogP contribution in [0.3, 0.4) is 0 Å². The number of rotatable bonds is 6. The Morgan fingerprint density at radius 2 is 1.83 bits per heavy atom. The van der Waals surface area contributed by atoms with Gasteiger partial charge in [-0.05, 0) is 31.2 Å². The van der Waals surface area contributed by atoms with Gasteiger partial charge in [0.15, 0.2) is 0 Å². The maximum atomic E-state index is 12.6. The van der Waals surface area contributed by atoms with Gasteiger partial charge in [0.1, 0.15) is 17.5 Å². The molecule has 1 aromatic carbocycles. The van der Waals surface area contributed by atoms with Gasteiger partial charge >= 0.3 is 6.18 Å². The van der Waals surface area contributed by atoms with E-state index in [1.807, 2.05) is 13.0 Å². The van der Waals surface area contributed by atoms with Crippen LogP contribution in [0.5, 0.6) is 0 Å². The number of ether oxygens (including phenoxy) is 1. The van der Waals surface area contributed by atoms with Crippen molar-refractivity contribution < 1.29 is 22.7 Å². The topological polar surface area (TPSA) is 79.4 Å². The van der Waals surface area contributed by atoms with E-state index in [1.165, 1.54) is 0 Å². The predicted molar refractivity (Wildman–Crippen MR) is 102 cm³/mol. The Morgan fingerprint density at radius 1 is 1.14 bits per heavy atom. The molecule has 2 heterocycles. The van der Waals surface area contributed by atoms with E-state index in [1.54, 1.807) is 0 Å². The highest BCUT2D eigenvalue weighted by molar-refractivity contribution is 5.94. The number of aromatic nitrogens is 2. The van der Waals surface area contributed by atoms with Crippen molar-refractivity contribution in [2.75, 3.05) is 49.6 Å². The molecule has 0 atom stereocenters. The van der Waals surface area contributed by atoms with Crippen molar-refractivity contribution in [3.8, 4) is 0 Å². The molecular formula is C19H22F3N5O2. The summed E-state index contributed by atoms with van der Waals surface area (Å²) in [4.78, 5) is 23.0. The molecule has 3 rings (SSSR count). The van der Waals surface area contributed by atoms with Gasteiger partial charge in [-0.3, -0.25) is 4.79 Å². The molecule has 0 unspecified atom stereocenters. The fraction of sp³-hybridized carbons (Fsp3) is 0.421. The zero-order chi connectivity index (χ0) is 20.9. The van der Waals surface area contributed by atoms with Crippen molar-refractivity contribution in [3.63, 3.8) is 0 Å². The number of benzene rings is 1. The number of hydrogen-bond donors (Lipinski definition) is 2. The highest BCUT2D eigenvalue weighted by Gasteiger charge is 2.30. The minimum atomic E-state index is -4.42. The number of aryl methyl sites for hydroxylation is 1. The standard InChI is InChI=1S/C19H22F3N5O2/c1-13-25-16(12-17(26-13)27-8-10-29-11-9-27)23-6-7-24-18(28)14-2-4-15(5-3-14)19(20,21)22/h2-5,12H,6-11H2,1H3,(H,24,28)(H,23,25,26). The fourth-order valence-electron chi connectivity index (χ4n) is 2.88. The lowest BCUT2D eigenvalue weighted by Crippen LogP contribution is -2.37. The summed E-state index contributed by atoms with van der Waals surface area (Å²) in [7, 11) is 0. The third-order valence-electron chi connectivity index (χ3n) is 4.35. The van der Waals surface area contributed by atoms with Gasteiger partial charge in [0.2, 0.25) is 0 Å². The van der Waals surface area contributed by atoms with E-state index in [0.717, 1.165) is 43.2 Å². The van der Waals surface area contributed by atoms with Crippen LogP contribution in [0, 0.1) is 6.92 Å². The first-order chi connectivity index (χ1) is 13.8. The zero-order valence-electron chi connectivity index (χ0n) is 15.9. The highest BCUT2D eigenvalue weighted by Crippen LogP contribution is 2.29. The average molecular weight is 409 g/mol. The molecule has 1 amide bonds. The van der Waals surface area contributed by atoms with Crippen LogP contribution in [0.2, 0.25) is 0 Å². The summed E-state index contributed by atoms with van der Waals surface area (Å²) in [5, 5.41) is 5.80. The summed E-state index contributed by atoms with van der Waals surface area (Å²) in [5.74, 6) is 1.65. The molecule has 29 heavy (non-hydrogen) atoms. The smallest absolute Gasteiger partial charge is 0.378 e. The molecule has 0 saturated carbocycles. The molecule has 1 saturated heterocycles. The molecule has 1 aliphatic heterocycles. The maximum absolute atomic E-state index is 12.6. The maximum Gasteiger partial charge on any atom is 0.416 e. The third-order valence-corrected chi connectivity index (χ3v) is 4.35. The van der Waals surface area contributed by atoms with Gasteiger partial charge in [0.05, 0.1) is 18.8 Å². The Labute approximate surface area is 166 Å². The Balaban J connectivity index is 1.50. The fourth-order valence-corrected chi connectivity index (χ4v) is 2.88. The van der Waals surface area contributed by atoms with Crippen molar-refractivity contribution in [2.24, 2.45) is 0 Å². The van der Waals surface area contributed by atoms with Crippen LogP contribution in [-0.4, -0.2) is 55.3 Å². The largest absolute Gasteiger partial charge is 0.416 e. The average Bonchev–Trinajstić information content (AvgIpc) is 2.71. The molecule has 0 bridgehead atoms. The minimum absolute atomic E-state index is 0.172. The van der Waals surface area contributed by atoms with Gasteiger partial charge in [0, 0.05) is 37.8 Å². The number of halogens is 3. The van der Waals surface area contributed by atoms with E-state index in [2.05, 4.69) is 25.5 Å². The molecule has 156 valence electrons. The van der Waals surface area contributed by atoms with E-state index in [-0.39, 0.29) is 12.1 Å². The summed E-state index contributed by atoms with van der Waals surface area (Å²) in [6, 6.07) is 5.95. The second-order valence-corrected chi connectivity index (χ2v) is 6.52. The van der Waals surface area contributed by atoms with Crippen molar-refractivity contribution in [1.82, 2.24) is 15.3 Å². The van der Waals surface area contributed by atoms with Crippen LogP contribution in [0.4, 0.5) is 24.8 Å². The number of nitrogens with zero attached hydrogens (tertiary/aromatic N) is 3. The second kappa shape index (κ2) is 9.08. The first-order valence-electron chi connectivity index (χ1n) is 9.20. The van der Waals surface area contributed by atoms with Gasteiger partial charge in [-0.1, -0.05) is 0 Å². The summed E-state index contributed by atoms with van der Waals surface area (Å²) < 4.78 is 43.1. The number of carbonyl (C=O) groups is 1. The lowest BCUT2D eigenvalue weighted by molar-refractivity contribution is -0.137. The summed E-state index contributed by atoms with van der Waals surface area (Å²) in [6.45, 7) is 5.34. The van der Waals surface area contributed by atoms with Crippen LogP contribution >= 0.6 is 0 Å². The number of nitrogens with one attached hydrogen (secondary N) is 2. The van der Waals surface area contributed by atoms with E-state index < -0.39 is 17.6 Å². The number of carbonyl (C=O) groups excluding carboxylic acids is 1. The van der Waals surface area contributed by atoms with Gasteiger partial charge in [-0.2, -0.15) is 13.2 Å². The Morgan fingerprint density at radius 3 is 2.48 bits per heavy atom. The van der Waals surface area contributed by atoms with Crippen LogP contribution in [-0.2, 0) is 10.9 Å². The van der Waals surface area contributed by atoms with E-state index in [4.69, 9.17) is 4.74 Å². The van der Waals surface area contributed by atoms with E-state index in [0.29, 0.717) is 31.4 Å². The number of hydrogen-bond acceptors (Lipinski definition) is 6. The lowest BCUT2D eigenvalue weighted by Gasteiger charge is -2.28. The van der Waals surface area contributed by atoms with Gasteiger partial charge in [0.25, 0.3) is 5.91 Å². The van der Waals surface area contributed by atoms with Crippen LogP contribution in [0.25, 0.3) is 0 Å². The van der Waals surface area contributed by atoms with Crippen LogP contribution < -0.4 is 15.5 Å². The SMILES string of the molecule is Cc1nc(NCCNC(=O)c2ccc(C(F)(F)F)cc2)cc(N2CCOCC2)n1. The Hall–Kier alpha value is -2.88. The molecule has 1 aliphatic rings. The predicted octanol–water partition coefficient (Wildman–Crippen LogP) is 2.48. The summed E-state index contributed by atoms with van der Waals surface area (Å²) >= 11 is 0. The second-order valence-electron chi connectivity index (χ2n) is 6.52. The lowest BCUT2D eigenvalue weighted by atomic mass is 10.1. The monoisotopic (exact) mass is 409 g/mol. The molecule has 0 radical (unpaired) electrons.